The van der Waals surface area contributed by atoms with Gasteiger partial charge in [-0.05, 0) is 67.2 Å². The van der Waals surface area contributed by atoms with E-state index in [1.54, 1.807) is 48.5 Å². The van der Waals surface area contributed by atoms with Crippen LogP contribution in [0.4, 0.5) is 14.9 Å². The number of nitrogens with zero attached hydrogens (tertiary/aromatic N) is 1. The number of furan rings is 1. The quantitative estimate of drug-likeness (QED) is 0.484. The molecule has 1 fully saturated rings. The van der Waals surface area contributed by atoms with Gasteiger partial charge in [0.15, 0.2) is 0 Å². The molecule has 1 aliphatic heterocycles. The summed E-state index contributed by atoms with van der Waals surface area (Å²) in [7, 11) is 0. The maximum absolute atomic E-state index is 13.4. The summed E-state index contributed by atoms with van der Waals surface area (Å²) in [5.74, 6) is -0.0573. The Labute approximate surface area is 193 Å². The third-order valence-corrected chi connectivity index (χ3v) is 5.54. The van der Waals surface area contributed by atoms with Gasteiger partial charge in [0, 0.05) is 17.3 Å². The van der Waals surface area contributed by atoms with Gasteiger partial charge >= 0.3 is 0 Å². The number of carbonyl (C=O) groups is 3. The van der Waals surface area contributed by atoms with Crippen LogP contribution in [-0.4, -0.2) is 35.1 Å². The second-order valence-corrected chi connectivity index (χ2v) is 7.98. The van der Waals surface area contributed by atoms with E-state index in [0.717, 1.165) is 16.7 Å². The zero-order valence-electron chi connectivity index (χ0n) is 17.5. The lowest BCUT2D eigenvalue weighted by molar-refractivity contribution is -0.127. The van der Waals surface area contributed by atoms with Crippen LogP contribution in [0.25, 0.3) is 17.4 Å². The largest absolute Gasteiger partial charge is 0.494 e. The summed E-state index contributed by atoms with van der Waals surface area (Å²) in [6, 6.07) is 16.0. The number of carbonyl (C=O) groups excluding carboxylic acids is 3. The van der Waals surface area contributed by atoms with Crippen molar-refractivity contribution >= 4 is 40.6 Å². The molecular formula is C24H19FN2O5S. The zero-order chi connectivity index (χ0) is 23.4. The van der Waals surface area contributed by atoms with Crippen LogP contribution in [0.1, 0.15) is 12.7 Å². The summed E-state index contributed by atoms with van der Waals surface area (Å²) >= 11 is 0.722. The predicted octanol–water partition coefficient (Wildman–Crippen LogP) is 5.16. The number of ether oxygens (including phenoxy) is 1. The summed E-state index contributed by atoms with van der Waals surface area (Å²) in [6.07, 6.45) is 1.43. The fraction of sp³-hybridized carbons (Fsp3) is 0.125. The number of anilines is 1. The normalized spacial score (nSPS) is 14.7. The highest BCUT2D eigenvalue weighted by Crippen LogP contribution is 2.33. The van der Waals surface area contributed by atoms with Crippen LogP contribution in [0.3, 0.4) is 0 Å². The standard InChI is InChI=1S/C24H19FN2O5S/c1-2-31-18-8-6-17(7-9-18)26-22(28)14-27-23(29)21(33-24(27)30)13-19-10-11-20(32-19)15-4-3-5-16(25)12-15/h3-13H,2,14H2,1H3,(H,26,28)/b21-13+. The van der Waals surface area contributed by atoms with Crippen LogP contribution in [-0.2, 0) is 9.59 Å². The highest BCUT2D eigenvalue weighted by atomic mass is 32.2. The minimum Gasteiger partial charge on any atom is -0.494 e. The fourth-order valence-corrected chi connectivity index (χ4v) is 3.96. The van der Waals surface area contributed by atoms with Crippen LogP contribution in [0.15, 0.2) is 70.0 Å². The lowest BCUT2D eigenvalue weighted by Crippen LogP contribution is -2.36. The van der Waals surface area contributed by atoms with Crippen molar-refractivity contribution in [2.75, 3.05) is 18.5 Å². The molecule has 3 aromatic rings. The summed E-state index contributed by atoms with van der Waals surface area (Å²) in [5, 5.41) is 2.10. The molecular weight excluding hydrogens is 447 g/mol. The number of amides is 3. The lowest BCUT2D eigenvalue weighted by Gasteiger charge is -2.12. The van der Waals surface area contributed by atoms with E-state index >= 15 is 0 Å². The topological polar surface area (TPSA) is 88.8 Å². The Kier molecular flexibility index (Phi) is 6.60. The Bertz CT molecular complexity index is 1240. The molecule has 0 saturated carbocycles. The van der Waals surface area contributed by atoms with Crippen molar-refractivity contribution in [3.8, 4) is 17.1 Å². The first-order valence-corrected chi connectivity index (χ1v) is 10.9. The third kappa shape index (κ3) is 5.32. The molecule has 0 aliphatic carbocycles. The number of hydrogen-bond donors (Lipinski definition) is 1. The molecule has 7 nitrogen and oxygen atoms in total. The van der Waals surface area contributed by atoms with Crippen LogP contribution in [0, 0.1) is 5.82 Å². The van der Waals surface area contributed by atoms with E-state index in [-0.39, 0.29) is 4.91 Å². The second kappa shape index (κ2) is 9.74. The molecule has 1 saturated heterocycles. The van der Waals surface area contributed by atoms with Crippen molar-refractivity contribution in [2.45, 2.75) is 6.92 Å². The molecule has 4 rings (SSSR count). The molecule has 0 unspecified atom stereocenters. The Morgan fingerprint density at radius 1 is 1.15 bits per heavy atom. The zero-order valence-corrected chi connectivity index (χ0v) is 18.4. The van der Waals surface area contributed by atoms with Crippen LogP contribution in [0.5, 0.6) is 5.75 Å². The fourth-order valence-electron chi connectivity index (χ4n) is 3.14. The highest BCUT2D eigenvalue weighted by Gasteiger charge is 2.36. The number of thioether (sulfide) groups is 1. The summed E-state index contributed by atoms with van der Waals surface area (Å²) in [4.78, 5) is 38.3. The molecule has 0 atom stereocenters. The van der Waals surface area contributed by atoms with Gasteiger partial charge in [0.25, 0.3) is 11.1 Å². The van der Waals surface area contributed by atoms with Crippen LogP contribution >= 0.6 is 11.8 Å². The summed E-state index contributed by atoms with van der Waals surface area (Å²) in [5.41, 5.74) is 1.07. The maximum Gasteiger partial charge on any atom is 0.294 e. The van der Waals surface area contributed by atoms with Gasteiger partial charge in [0.05, 0.1) is 11.5 Å². The molecule has 2 heterocycles. The highest BCUT2D eigenvalue weighted by molar-refractivity contribution is 8.18. The van der Waals surface area contributed by atoms with E-state index in [0.29, 0.717) is 35.1 Å². The number of imide groups is 1. The van der Waals surface area contributed by atoms with Crippen molar-refractivity contribution in [1.82, 2.24) is 4.90 Å². The SMILES string of the molecule is CCOc1ccc(NC(=O)CN2C(=O)S/C(=C/c3ccc(-c4cccc(F)c4)o3)C2=O)cc1. The molecule has 33 heavy (non-hydrogen) atoms. The third-order valence-electron chi connectivity index (χ3n) is 4.63. The second-order valence-electron chi connectivity index (χ2n) is 6.99. The van der Waals surface area contributed by atoms with Gasteiger partial charge in [0.2, 0.25) is 5.91 Å². The monoisotopic (exact) mass is 466 g/mol. The molecule has 2 aromatic carbocycles. The van der Waals surface area contributed by atoms with Gasteiger partial charge in [-0.3, -0.25) is 19.3 Å². The van der Waals surface area contributed by atoms with Crippen LogP contribution < -0.4 is 10.1 Å². The Balaban J connectivity index is 1.41. The van der Waals surface area contributed by atoms with E-state index < -0.39 is 29.4 Å². The van der Waals surface area contributed by atoms with Gasteiger partial charge < -0.3 is 14.5 Å². The van der Waals surface area contributed by atoms with Crippen LogP contribution in [0.2, 0.25) is 0 Å². The molecule has 0 bridgehead atoms. The first-order valence-electron chi connectivity index (χ1n) is 10.1. The minimum absolute atomic E-state index is 0.133. The van der Waals surface area contributed by atoms with Crippen molar-refractivity contribution < 1.29 is 27.9 Å². The van der Waals surface area contributed by atoms with Gasteiger partial charge in [0.1, 0.15) is 29.6 Å². The van der Waals surface area contributed by atoms with E-state index in [1.807, 2.05) is 6.92 Å². The number of halogens is 1. The van der Waals surface area contributed by atoms with E-state index in [1.165, 1.54) is 18.2 Å². The Morgan fingerprint density at radius 3 is 2.67 bits per heavy atom. The first-order chi connectivity index (χ1) is 15.9. The van der Waals surface area contributed by atoms with Crippen molar-refractivity contribution in [3.05, 3.63) is 77.1 Å². The van der Waals surface area contributed by atoms with Gasteiger partial charge in [-0.1, -0.05) is 12.1 Å². The molecule has 168 valence electrons. The number of hydrogen-bond acceptors (Lipinski definition) is 6. The number of benzene rings is 2. The van der Waals surface area contributed by atoms with E-state index in [2.05, 4.69) is 5.32 Å². The first kappa shape index (κ1) is 22.3. The van der Waals surface area contributed by atoms with E-state index in [9.17, 15) is 18.8 Å². The summed E-state index contributed by atoms with van der Waals surface area (Å²) in [6.45, 7) is 1.99. The number of nitrogens with one attached hydrogen (secondary N) is 1. The maximum atomic E-state index is 13.4. The van der Waals surface area contributed by atoms with Crippen molar-refractivity contribution in [2.24, 2.45) is 0 Å². The molecule has 9 heteroatoms. The molecule has 1 aromatic heterocycles. The van der Waals surface area contributed by atoms with Gasteiger partial charge in [-0.15, -0.1) is 0 Å². The van der Waals surface area contributed by atoms with Crippen molar-refractivity contribution in [1.29, 1.82) is 0 Å². The van der Waals surface area contributed by atoms with Gasteiger partial charge in [-0.2, -0.15) is 0 Å². The molecule has 0 radical (unpaired) electrons. The average Bonchev–Trinajstić information content (AvgIpc) is 3.36. The molecule has 3 amide bonds. The van der Waals surface area contributed by atoms with Crippen molar-refractivity contribution in [3.63, 3.8) is 0 Å². The molecule has 0 spiro atoms. The van der Waals surface area contributed by atoms with E-state index in [4.69, 9.17) is 9.15 Å². The average molecular weight is 466 g/mol. The predicted molar refractivity (Wildman–Crippen MR) is 123 cm³/mol. The number of rotatable bonds is 7. The molecule has 1 N–H and O–H groups in total. The summed E-state index contributed by atoms with van der Waals surface area (Å²) < 4.78 is 24.4. The minimum atomic E-state index is -0.587. The Hall–Kier alpha value is -3.85. The smallest absolute Gasteiger partial charge is 0.294 e. The Morgan fingerprint density at radius 2 is 1.94 bits per heavy atom. The lowest BCUT2D eigenvalue weighted by atomic mass is 10.2. The molecule has 1 aliphatic rings. The van der Waals surface area contributed by atoms with Gasteiger partial charge in [-0.25, -0.2) is 4.39 Å².